The number of nitrogens with two attached hydrogens (primary N) is 1. The first-order valence-electron chi connectivity index (χ1n) is 5.15. The van der Waals surface area contributed by atoms with Crippen molar-refractivity contribution in [2.75, 3.05) is 11.1 Å². The second-order valence-electron chi connectivity index (χ2n) is 3.57. The SMILES string of the molecule is Nc1nc2c(Nc3cccnc3)cccc2s1. The highest BCUT2D eigenvalue weighted by Gasteiger charge is 2.06. The Morgan fingerprint density at radius 1 is 1.18 bits per heavy atom. The van der Waals surface area contributed by atoms with Crippen molar-refractivity contribution in [2.24, 2.45) is 0 Å². The van der Waals surface area contributed by atoms with Gasteiger partial charge in [0.05, 0.1) is 22.3 Å². The zero-order valence-corrected chi connectivity index (χ0v) is 9.74. The first-order chi connectivity index (χ1) is 8.33. The fourth-order valence-electron chi connectivity index (χ4n) is 1.66. The van der Waals surface area contributed by atoms with Crippen LogP contribution in [0.2, 0.25) is 0 Å². The van der Waals surface area contributed by atoms with E-state index in [0.29, 0.717) is 5.13 Å². The van der Waals surface area contributed by atoms with Gasteiger partial charge in [-0.05, 0) is 24.3 Å². The predicted molar refractivity (Wildman–Crippen MR) is 71.6 cm³/mol. The molecule has 4 nitrogen and oxygen atoms in total. The molecule has 2 aromatic heterocycles. The molecule has 0 unspecified atom stereocenters. The van der Waals surface area contributed by atoms with Crippen LogP contribution in [0.1, 0.15) is 0 Å². The normalized spacial score (nSPS) is 10.6. The minimum absolute atomic E-state index is 0.584. The lowest BCUT2D eigenvalue weighted by molar-refractivity contribution is 1.32. The van der Waals surface area contributed by atoms with Crippen LogP contribution in [0.3, 0.4) is 0 Å². The maximum atomic E-state index is 5.72. The van der Waals surface area contributed by atoms with Crippen molar-refractivity contribution in [3.05, 3.63) is 42.7 Å². The smallest absolute Gasteiger partial charge is 0.181 e. The van der Waals surface area contributed by atoms with Gasteiger partial charge in [-0.2, -0.15) is 0 Å². The largest absolute Gasteiger partial charge is 0.375 e. The number of nitrogen functional groups attached to an aromatic ring is 1. The molecule has 84 valence electrons. The zero-order valence-electron chi connectivity index (χ0n) is 8.92. The number of aromatic nitrogens is 2. The van der Waals surface area contributed by atoms with Gasteiger partial charge >= 0.3 is 0 Å². The van der Waals surface area contributed by atoms with E-state index in [1.807, 2.05) is 30.3 Å². The van der Waals surface area contributed by atoms with Gasteiger partial charge in [-0.25, -0.2) is 4.98 Å². The Hall–Kier alpha value is -2.14. The molecular formula is C12H10N4S. The van der Waals surface area contributed by atoms with Crippen molar-refractivity contribution in [3.63, 3.8) is 0 Å². The monoisotopic (exact) mass is 242 g/mol. The molecule has 0 aliphatic rings. The Morgan fingerprint density at radius 2 is 2.12 bits per heavy atom. The average Bonchev–Trinajstić information content (AvgIpc) is 2.72. The molecule has 17 heavy (non-hydrogen) atoms. The molecule has 0 atom stereocenters. The number of nitrogens with one attached hydrogen (secondary N) is 1. The highest BCUT2D eigenvalue weighted by molar-refractivity contribution is 7.22. The fraction of sp³-hybridized carbons (Fsp3) is 0. The van der Waals surface area contributed by atoms with Gasteiger partial charge < -0.3 is 11.1 Å². The number of anilines is 3. The maximum absolute atomic E-state index is 5.72. The lowest BCUT2D eigenvalue weighted by atomic mass is 10.2. The third-order valence-corrected chi connectivity index (χ3v) is 3.23. The molecule has 0 saturated heterocycles. The molecule has 5 heteroatoms. The maximum Gasteiger partial charge on any atom is 0.181 e. The number of benzene rings is 1. The average molecular weight is 242 g/mol. The third kappa shape index (κ3) is 1.92. The van der Waals surface area contributed by atoms with Crippen molar-refractivity contribution in [2.45, 2.75) is 0 Å². The summed E-state index contributed by atoms with van der Waals surface area (Å²) in [5.74, 6) is 0. The Bertz CT molecular complexity index is 648. The lowest BCUT2D eigenvalue weighted by Gasteiger charge is -2.05. The summed E-state index contributed by atoms with van der Waals surface area (Å²) >= 11 is 1.49. The van der Waals surface area contributed by atoms with E-state index in [4.69, 9.17) is 5.73 Å². The van der Waals surface area contributed by atoms with E-state index in [0.717, 1.165) is 21.6 Å². The summed E-state index contributed by atoms with van der Waals surface area (Å²) in [6, 6.07) is 9.82. The highest BCUT2D eigenvalue weighted by atomic mass is 32.1. The highest BCUT2D eigenvalue weighted by Crippen LogP contribution is 2.30. The van der Waals surface area contributed by atoms with Gasteiger partial charge in [0.25, 0.3) is 0 Å². The summed E-state index contributed by atoms with van der Waals surface area (Å²) in [6.07, 6.45) is 3.52. The quantitative estimate of drug-likeness (QED) is 0.725. The summed E-state index contributed by atoms with van der Waals surface area (Å²) < 4.78 is 1.08. The molecule has 0 spiro atoms. The minimum Gasteiger partial charge on any atom is -0.375 e. The van der Waals surface area contributed by atoms with E-state index in [1.54, 1.807) is 12.4 Å². The van der Waals surface area contributed by atoms with Crippen LogP contribution in [-0.2, 0) is 0 Å². The van der Waals surface area contributed by atoms with Gasteiger partial charge in [0.1, 0.15) is 5.52 Å². The summed E-state index contributed by atoms with van der Waals surface area (Å²) in [5, 5.41) is 3.87. The second-order valence-corrected chi connectivity index (χ2v) is 4.63. The number of nitrogens with zero attached hydrogens (tertiary/aromatic N) is 2. The van der Waals surface area contributed by atoms with Crippen LogP contribution in [0, 0.1) is 0 Å². The molecule has 0 bridgehead atoms. The van der Waals surface area contributed by atoms with Crippen LogP contribution in [0.25, 0.3) is 10.2 Å². The summed E-state index contributed by atoms with van der Waals surface area (Å²) in [7, 11) is 0. The number of rotatable bonds is 2. The summed E-state index contributed by atoms with van der Waals surface area (Å²) in [5.41, 5.74) is 8.51. The van der Waals surface area contributed by atoms with Gasteiger partial charge in [0.15, 0.2) is 5.13 Å². The van der Waals surface area contributed by atoms with Crippen LogP contribution in [0.4, 0.5) is 16.5 Å². The molecule has 0 aliphatic carbocycles. The van der Waals surface area contributed by atoms with E-state index in [2.05, 4.69) is 15.3 Å². The lowest BCUT2D eigenvalue weighted by Crippen LogP contribution is -1.91. The second kappa shape index (κ2) is 4.03. The Kier molecular flexibility index (Phi) is 2.38. The molecule has 3 N–H and O–H groups in total. The van der Waals surface area contributed by atoms with Crippen LogP contribution in [-0.4, -0.2) is 9.97 Å². The molecule has 0 saturated carbocycles. The first-order valence-corrected chi connectivity index (χ1v) is 5.97. The topological polar surface area (TPSA) is 63.8 Å². The molecular weight excluding hydrogens is 232 g/mol. The first kappa shape index (κ1) is 10.0. The number of fused-ring (bicyclic) bond motifs is 1. The fourth-order valence-corrected chi connectivity index (χ4v) is 2.42. The van der Waals surface area contributed by atoms with E-state index in [9.17, 15) is 0 Å². The van der Waals surface area contributed by atoms with Gasteiger partial charge in [-0.15, -0.1) is 0 Å². The number of pyridine rings is 1. The van der Waals surface area contributed by atoms with Crippen LogP contribution in [0.15, 0.2) is 42.7 Å². The summed E-state index contributed by atoms with van der Waals surface area (Å²) in [6.45, 7) is 0. The Morgan fingerprint density at radius 3 is 2.94 bits per heavy atom. The third-order valence-electron chi connectivity index (χ3n) is 2.38. The zero-order chi connectivity index (χ0) is 11.7. The standard InChI is InChI=1S/C12H10N4S/c13-12-16-11-9(4-1-5-10(11)17-12)15-8-3-2-6-14-7-8/h1-7,15H,(H2,13,16). The van der Waals surface area contributed by atoms with Crippen LogP contribution < -0.4 is 11.1 Å². The van der Waals surface area contributed by atoms with Crippen molar-refractivity contribution in [3.8, 4) is 0 Å². The van der Waals surface area contributed by atoms with Crippen molar-refractivity contribution >= 4 is 38.1 Å². The van der Waals surface area contributed by atoms with E-state index >= 15 is 0 Å². The molecule has 3 rings (SSSR count). The summed E-state index contributed by atoms with van der Waals surface area (Å²) in [4.78, 5) is 8.38. The molecule has 3 aromatic rings. The minimum atomic E-state index is 0.584. The van der Waals surface area contributed by atoms with E-state index in [-0.39, 0.29) is 0 Å². The molecule has 0 radical (unpaired) electrons. The number of para-hydroxylation sites is 1. The number of hydrogen-bond acceptors (Lipinski definition) is 5. The molecule has 2 heterocycles. The Labute approximate surface area is 102 Å². The van der Waals surface area contributed by atoms with Gasteiger partial charge in [-0.1, -0.05) is 17.4 Å². The van der Waals surface area contributed by atoms with Crippen molar-refractivity contribution < 1.29 is 0 Å². The van der Waals surface area contributed by atoms with Crippen molar-refractivity contribution in [1.82, 2.24) is 9.97 Å². The molecule has 0 amide bonds. The van der Waals surface area contributed by atoms with Crippen LogP contribution in [0.5, 0.6) is 0 Å². The number of hydrogen-bond donors (Lipinski definition) is 2. The van der Waals surface area contributed by atoms with Crippen LogP contribution >= 0.6 is 11.3 Å². The predicted octanol–water partition coefficient (Wildman–Crippen LogP) is 3.02. The molecule has 1 aromatic carbocycles. The molecule has 0 fully saturated rings. The molecule has 0 aliphatic heterocycles. The van der Waals surface area contributed by atoms with Gasteiger partial charge in [0.2, 0.25) is 0 Å². The van der Waals surface area contributed by atoms with Gasteiger partial charge in [-0.3, -0.25) is 4.98 Å². The number of thiazole rings is 1. The Balaban J connectivity index is 2.06. The van der Waals surface area contributed by atoms with E-state index in [1.165, 1.54) is 11.3 Å². The van der Waals surface area contributed by atoms with Gasteiger partial charge in [0, 0.05) is 6.20 Å². The van der Waals surface area contributed by atoms with Crippen molar-refractivity contribution in [1.29, 1.82) is 0 Å². The van der Waals surface area contributed by atoms with E-state index < -0.39 is 0 Å².